The maximum absolute atomic E-state index is 13.3. The van der Waals surface area contributed by atoms with Crippen LogP contribution in [0.3, 0.4) is 0 Å². The van der Waals surface area contributed by atoms with Crippen molar-refractivity contribution in [1.29, 1.82) is 0 Å². The normalized spacial score (nSPS) is 12.2. The molecule has 3 nitrogen and oxygen atoms in total. The molecule has 0 N–H and O–H groups in total. The highest BCUT2D eigenvalue weighted by Gasteiger charge is 2.27. The molecule has 0 atom stereocenters. The van der Waals surface area contributed by atoms with Crippen molar-refractivity contribution in [3.63, 3.8) is 0 Å². The summed E-state index contributed by atoms with van der Waals surface area (Å²) in [5, 5.41) is 0.954. The topological polar surface area (TPSA) is 39.1 Å². The molecule has 0 saturated carbocycles. The van der Waals surface area contributed by atoms with Gasteiger partial charge in [0.15, 0.2) is 0 Å². The van der Waals surface area contributed by atoms with Gasteiger partial charge < -0.3 is 4.57 Å². The number of hydrogen-bond acceptors (Lipinski definition) is 3. The number of thiophene rings is 1. The average Bonchev–Trinajstić information content (AvgIpc) is 3.25. The third-order valence-electron chi connectivity index (χ3n) is 5.09. The number of fused-ring (bicyclic) bond motifs is 4. The first-order valence-electron chi connectivity index (χ1n) is 8.96. The van der Waals surface area contributed by atoms with Gasteiger partial charge in [0.05, 0.1) is 12.2 Å². The Morgan fingerprint density at radius 2 is 1.81 bits per heavy atom. The largest absolute Gasteiger partial charge is 0.302 e. The van der Waals surface area contributed by atoms with Crippen LogP contribution in [0.4, 0.5) is 0 Å². The van der Waals surface area contributed by atoms with Gasteiger partial charge in [-0.15, -0.1) is 11.3 Å². The third kappa shape index (κ3) is 2.48. The number of hydrogen-bond donors (Lipinski definition) is 0. The molecule has 0 fully saturated rings. The minimum absolute atomic E-state index is 0.0377. The van der Waals surface area contributed by atoms with Gasteiger partial charge in [-0.25, -0.2) is 0 Å². The van der Waals surface area contributed by atoms with Gasteiger partial charge >= 0.3 is 0 Å². The summed E-state index contributed by atoms with van der Waals surface area (Å²) in [4.78, 5) is 25.8. The van der Waals surface area contributed by atoms with Crippen molar-refractivity contribution in [3.05, 3.63) is 81.5 Å². The zero-order valence-electron chi connectivity index (χ0n) is 14.9. The number of benzene rings is 2. The van der Waals surface area contributed by atoms with Crippen molar-refractivity contribution in [2.75, 3.05) is 0 Å². The SMILES string of the molecule is CC(=O)Cc1cc2c(-c3ccccc3)c3n(c(=O)c2s1)Cc1ccccc1-3. The Morgan fingerprint density at radius 3 is 2.59 bits per heavy atom. The molecular weight excluding hydrogens is 354 g/mol. The van der Waals surface area contributed by atoms with E-state index >= 15 is 0 Å². The lowest BCUT2D eigenvalue weighted by Gasteiger charge is -2.13. The Hall–Kier alpha value is -2.98. The molecule has 0 radical (unpaired) electrons. The van der Waals surface area contributed by atoms with Crippen LogP contribution in [-0.4, -0.2) is 10.4 Å². The molecule has 0 unspecified atom stereocenters. The second kappa shape index (κ2) is 6.03. The van der Waals surface area contributed by atoms with Crippen LogP contribution in [0.2, 0.25) is 0 Å². The van der Waals surface area contributed by atoms with Crippen molar-refractivity contribution in [3.8, 4) is 22.4 Å². The van der Waals surface area contributed by atoms with E-state index in [0.29, 0.717) is 13.0 Å². The third-order valence-corrected chi connectivity index (χ3v) is 6.21. The number of aromatic nitrogens is 1. The Balaban J connectivity index is 1.92. The maximum Gasteiger partial charge on any atom is 0.269 e. The van der Waals surface area contributed by atoms with Gasteiger partial charge in [-0.2, -0.15) is 0 Å². The molecule has 1 aliphatic heterocycles. The monoisotopic (exact) mass is 371 g/mol. The molecule has 2 aromatic carbocycles. The lowest BCUT2D eigenvalue weighted by molar-refractivity contribution is -0.116. The van der Waals surface area contributed by atoms with Crippen LogP contribution in [0, 0.1) is 0 Å². The van der Waals surface area contributed by atoms with E-state index in [1.54, 1.807) is 6.92 Å². The molecule has 1 aliphatic rings. The van der Waals surface area contributed by atoms with Crippen molar-refractivity contribution in [1.82, 2.24) is 4.57 Å². The molecular formula is C23H17NO2S. The lowest BCUT2D eigenvalue weighted by Crippen LogP contribution is -2.18. The fourth-order valence-electron chi connectivity index (χ4n) is 3.99. The number of carbonyl (C=O) groups is 1. The first-order valence-corrected chi connectivity index (χ1v) is 9.77. The number of rotatable bonds is 3. The van der Waals surface area contributed by atoms with E-state index in [0.717, 1.165) is 37.3 Å². The highest BCUT2D eigenvalue weighted by Crippen LogP contribution is 2.43. The van der Waals surface area contributed by atoms with Crippen LogP contribution >= 0.6 is 11.3 Å². The summed E-state index contributed by atoms with van der Waals surface area (Å²) >= 11 is 1.45. The summed E-state index contributed by atoms with van der Waals surface area (Å²) in [5.74, 6) is 0.112. The lowest BCUT2D eigenvalue weighted by atomic mass is 9.96. The molecule has 0 bridgehead atoms. The predicted molar refractivity (Wildman–Crippen MR) is 110 cm³/mol. The first-order chi connectivity index (χ1) is 13.1. The van der Waals surface area contributed by atoms with Crippen LogP contribution < -0.4 is 5.56 Å². The molecule has 4 heteroatoms. The van der Waals surface area contributed by atoms with E-state index in [-0.39, 0.29) is 11.3 Å². The van der Waals surface area contributed by atoms with Crippen LogP contribution in [0.1, 0.15) is 17.4 Å². The molecule has 0 amide bonds. The molecule has 3 heterocycles. The summed E-state index contributed by atoms with van der Waals surface area (Å²) in [5.41, 5.74) is 5.50. The van der Waals surface area contributed by atoms with Crippen LogP contribution in [-0.2, 0) is 17.8 Å². The van der Waals surface area contributed by atoms with E-state index in [1.807, 2.05) is 41.0 Å². The molecule has 27 heavy (non-hydrogen) atoms. The van der Waals surface area contributed by atoms with Gasteiger partial charge in [0.25, 0.3) is 5.56 Å². The number of Topliss-reactive ketones (excluding diaryl/α,β-unsaturated/α-hetero) is 1. The number of nitrogens with zero attached hydrogens (tertiary/aromatic N) is 1. The number of carbonyl (C=O) groups excluding carboxylic acids is 1. The van der Waals surface area contributed by atoms with Crippen LogP contribution in [0.5, 0.6) is 0 Å². The number of pyridine rings is 1. The van der Waals surface area contributed by atoms with Crippen LogP contribution in [0.15, 0.2) is 65.5 Å². The zero-order chi connectivity index (χ0) is 18.5. The second-order valence-corrected chi connectivity index (χ2v) is 8.11. The van der Waals surface area contributed by atoms with E-state index < -0.39 is 0 Å². The Kier molecular flexibility index (Phi) is 3.62. The van der Waals surface area contributed by atoms with E-state index in [2.05, 4.69) is 24.3 Å². The van der Waals surface area contributed by atoms with Crippen LogP contribution in [0.25, 0.3) is 32.5 Å². The smallest absolute Gasteiger partial charge is 0.269 e. The van der Waals surface area contributed by atoms with Gasteiger partial charge in [-0.1, -0.05) is 54.6 Å². The summed E-state index contributed by atoms with van der Waals surface area (Å²) in [7, 11) is 0. The maximum atomic E-state index is 13.3. The fraction of sp³-hybridized carbons (Fsp3) is 0.130. The minimum Gasteiger partial charge on any atom is -0.302 e. The second-order valence-electron chi connectivity index (χ2n) is 6.97. The van der Waals surface area contributed by atoms with E-state index in [4.69, 9.17) is 0 Å². The van der Waals surface area contributed by atoms with Gasteiger partial charge in [0, 0.05) is 27.8 Å². The minimum atomic E-state index is 0.0377. The van der Waals surface area contributed by atoms with Gasteiger partial charge in [-0.3, -0.25) is 9.59 Å². The summed E-state index contributed by atoms with van der Waals surface area (Å²) in [6, 6.07) is 20.5. The molecule has 5 rings (SSSR count). The highest BCUT2D eigenvalue weighted by atomic mass is 32.1. The van der Waals surface area contributed by atoms with Gasteiger partial charge in [0.1, 0.15) is 10.5 Å². The van der Waals surface area contributed by atoms with Gasteiger partial charge in [0.2, 0.25) is 0 Å². The Morgan fingerprint density at radius 1 is 1.07 bits per heavy atom. The Bertz CT molecular complexity index is 1270. The summed E-state index contributed by atoms with van der Waals surface area (Å²) in [6.07, 6.45) is 0.374. The van der Waals surface area contributed by atoms with E-state index in [1.165, 1.54) is 16.9 Å². The quantitative estimate of drug-likeness (QED) is 0.453. The molecule has 0 spiro atoms. The number of ketones is 1. The summed E-state index contributed by atoms with van der Waals surface area (Å²) in [6.45, 7) is 2.19. The predicted octanol–water partition coefficient (Wildman–Crippen LogP) is 4.89. The summed E-state index contributed by atoms with van der Waals surface area (Å²) < 4.78 is 2.63. The molecule has 2 aromatic heterocycles. The Labute approximate surface area is 160 Å². The standard InChI is InChI=1S/C23H17NO2S/c1-14(25)11-17-12-19-20(15-7-3-2-4-8-15)21-18-10-6-5-9-16(18)13-24(21)23(26)22(19)27-17/h2-10,12H,11,13H2,1H3. The zero-order valence-corrected chi connectivity index (χ0v) is 15.7. The fourth-order valence-corrected chi connectivity index (χ4v) is 5.18. The molecule has 0 aliphatic carbocycles. The van der Waals surface area contributed by atoms with Gasteiger partial charge in [-0.05, 0) is 24.1 Å². The van der Waals surface area contributed by atoms with E-state index in [9.17, 15) is 9.59 Å². The van der Waals surface area contributed by atoms with Crippen molar-refractivity contribution in [2.24, 2.45) is 0 Å². The highest BCUT2D eigenvalue weighted by molar-refractivity contribution is 7.19. The average molecular weight is 371 g/mol. The van der Waals surface area contributed by atoms with Crippen molar-refractivity contribution in [2.45, 2.75) is 19.9 Å². The molecule has 0 saturated heterocycles. The molecule has 4 aromatic rings. The van der Waals surface area contributed by atoms with Crippen molar-refractivity contribution < 1.29 is 4.79 Å². The molecule has 132 valence electrons. The first kappa shape index (κ1) is 16.2. The van der Waals surface area contributed by atoms with Crippen molar-refractivity contribution >= 4 is 27.2 Å².